The van der Waals surface area contributed by atoms with Crippen LogP contribution in [-0.2, 0) is 14.8 Å². The van der Waals surface area contributed by atoms with Gasteiger partial charge in [-0.1, -0.05) is 26.0 Å². The number of hydrogen-bond donors (Lipinski definition) is 1. The van der Waals surface area contributed by atoms with Crippen LogP contribution in [0.5, 0.6) is 0 Å². The third-order valence-corrected chi connectivity index (χ3v) is 5.68. The van der Waals surface area contributed by atoms with Crippen molar-refractivity contribution in [3.05, 3.63) is 29.3 Å². The van der Waals surface area contributed by atoms with Crippen LogP contribution in [0.2, 0.25) is 0 Å². The van der Waals surface area contributed by atoms with Gasteiger partial charge in [-0.2, -0.15) is 0 Å². The lowest BCUT2D eigenvalue weighted by Crippen LogP contribution is -2.43. The Labute approximate surface area is 127 Å². The molecule has 1 N–H and O–H groups in total. The summed E-state index contributed by atoms with van der Waals surface area (Å²) in [5, 5.41) is 0. The Kier molecular flexibility index (Phi) is 5.07. The summed E-state index contributed by atoms with van der Waals surface area (Å²) in [7, 11) is -3.47. The molecule has 4 nitrogen and oxygen atoms in total. The monoisotopic (exact) mass is 311 g/mol. The fourth-order valence-electron chi connectivity index (χ4n) is 2.68. The van der Waals surface area contributed by atoms with E-state index in [1.165, 1.54) is 0 Å². The van der Waals surface area contributed by atoms with Gasteiger partial charge in [-0.25, -0.2) is 13.1 Å². The molecule has 1 aliphatic rings. The number of sulfonamides is 1. The first kappa shape index (κ1) is 16.5. The minimum Gasteiger partial charge on any atom is -0.378 e. The van der Waals surface area contributed by atoms with Crippen molar-refractivity contribution in [2.45, 2.75) is 57.6 Å². The minimum atomic E-state index is -3.47. The van der Waals surface area contributed by atoms with Crippen LogP contribution in [-0.4, -0.2) is 27.2 Å². The predicted octanol–water partition coefficient (Wildman–Crippen LogP) is 2.79. The van der Waals surface area contributed by atoms with Crippen LogP contribution < -0.4 is 4.72 Å². The average molecular weight is 311 g/mol. The van der Waals surface area contributed by atoms with E-state index >= 15 is 0 Å². The number of nitrogens with one attached hydrogen (secondary N) is 1. The highest BCUT2D eigenvalue weighted by molar-refractivity contribution is 7.89. The second-order valence-corrected chi connectivity index (χ2v) is 7.95. The molecule has 118 valence electrons. The highest BCUT2D eigenvalue weighted by Gasteiger charge is 2.29. The van der Waals surface area contributed by atoms with Gasteiger partial charge in [0.15, 0.2) is 0 Å². The summed E-state index contributed by atoms with van der Waals surface area (Å²) in [5.74, 6) is 0.401. The van der Waals surface area contributed by atoms with Gasteiger partial charge >= 0.3 is 0 Å². The summed E-state index contributed by atoms with van der Waals surface area (Å²) in [6, 6.07) is 5.47. The summed E-state index contributed by atoms with van der Waals surface area (Å²) in [6.07, 6.45) is 1.60. The third-order valence-electron chi connectivity index (χ3n) is 4.01. The van der Waals surface area contributed by atoms with Crippen molar-refractivity contribution < 1.29 is 13.2 Å². The standard InChI is InChI=1S/C16H25NO3S/c1-11(2)15-10-14(7-8-20-15)17-21(18,19)16-9-12(3)5-6-13(16)4/h5-6,9,11,14-15,17H,7-8,10H2,1-4H3/t14-,15+/m0/s1. The summed E-state index contributed by atoms with van der Waals surface area (Å²) in [5.41, 5.74) is 1.73. The molecule has 1 fully saturated rings. The Hall–Kier alpha value is -0.910. The van der Waals surface area contributed by atoms with Gasteiger partial charge in [-0.15, -0.1) is 0 Å². The van der Waals surface area contributed by atoms with Gasteiger partial charge in [0.1, 0.15) is 0 Å². The molecule has 0 spiro atoms. The number of rotatable bonds is 4. The number of ether oxygens (including phenoxy) is 1. The minimum absolute atomic E-state index is 0.0453. The molecule has 2 atom stereocenters. The smallest absolute Gasteiger partial charge is 0.241 e. The molecule has 1 aromatic carbocycles. The van der Waals surface area contributed by atoms with Crippen molar-refractivity contribution in [3.63, 3.8) is 0 Å². The largest absolute Gasteiger partial charge is 0.378 e. The van der Waals surface area contributed by atoms with Gasteiger partial charge < -0.3 is 4.74 Å². The van der Waals surface area contributed by atoms with Crippen molar-refractivity contribution in [2.24, 2.45) is 5.92 Å². The summed E-state index contributed by atoms with van der Waals surface area (Å²) >= 11 is 0. The predicted molar refractivity (Wildman–Crippen MR) is 83.8 cm³/mol. The van der Waals surface area contributed by atoms with E-state index in [2.05, 4.69) is 18.6 Å². The van der Waals surface area contributed by atoms with E-state index in [9.17, 15) is 8.42 Å². The molecule has 0 bridgehead atoms. The lowest BCUT2D eigenvalue weighted by molar-refractivity contribution is -0.0211. The molecule has 0 aromatic heterocycles. The van der Waals surface area contributed by atoms with Gasteiger partial charge in [-0.3, -0.25) is 0 Å². The number of benzene rings is 1. The zero-order chi connectivity index (χ0) is 15.6. The first-order valence-electron chi connectivity index (χ1n) is 7.51. The molecule has 0 aliphatic carbocycles. The SMILES string of the molecule is Cc1ccc(C)c(S(=O)(=O)N[C@H]2CCO[C@@H](C(C)C)C2)c1. The van der Waals surface area contributed by atoms with Gasteiger partial charge in [0, 0.05) is 12.6 Å². The van der Waals surface area contributed by atoms with E-state index in [1.807, 2.05) is 26.0 Å². The first-order chi connectivity index (χ1) is 9.79. The Bertz CT molecular complexity index is 596. The molecular formula is C16H25NO3S. The van der Waals surface area contributed by atoms with E-state index in [-0.39, 0.29) is 12.1 Å². The molecule has 0 amide bonds. The van der Waals surface area contributed by atoms with Crippen LogP contribution in [0.15, 0.2) is 23.1 Å². The average Bonchev–Trinajstić information content (AvgIpc) is 2.41. The van der Waals surface area contributed by atoms with E-state index in [1.54, 1.807) is 6.07 Å². The van der Waals surface area contributed by atoms with Crippen molar-refractivity contribution in [1.82, 2.24) is 4.72 Å². The van der Waals surface area contributed by atoms with Crippen LogP contribution in [0.1, 0.15) is 37.8 Å². The Morgan fingerprint density at radius 2 is 2.00 bits per heavy atom. The fraction of sp³-hybridized carbons (Fsp3) is 0.625. The quantitative estimate of drug-likeness (QED) is 0.930. The van der Waals surface area contributed by atoms with Gasteiger partial charge in [0.2, 0.25) is 10.0 Å². The van der Waals surface area contributed by atoms with Crippen molar-refractivity contribution in [2.75, 3.05) is 6.61 Å². The van der Waals surface area contributed by atoms with Crippen LogP contribution >= 0.6 is 0 Å². The molecule has 5 heteroatoms. The summed E-state index contributed by atoms with van der Waals surface area (Å²) < 4.78 is 33.8. The maximum Gasteiger partial charge on any atom is 0.241 e. The second kappa shape index (κ2) is 6.46. The molecule has 1 heterocycles. The molecule has 0 saturated carbocycles. The Morgan fingerprint density at radius 3 is 2.67 bits per heavy atom. The van der Waals surface area contributed by atoms with Crippen LogP contribution in [0.25, 0.3) is 0 Å². The highest BCUT2D eigenvalue weighted by atomic mass is 32.2. The molecule has 0 radical (unpaired) electrons. The highest BCUT2D eigenvalue weighted by Crippen LogP contribution is 2.23. The third kappa shape index (κ3) is 4.05. The maximum atomic E-state index is 12.6. The van der Waals surface area contributed by atoms with Crippen molar-refractivity contribution in [1.29, 1.82) is 0 Å². The maximum absolute atomic E-state index is 12.6. The van der Waals surface area contributed by atoms with E-state index in [4.69, 9.17) is 4.74 Å². The fourth-order valence-corrected chi connectivity index (χ4v) is 4.29. The van der Waals surface area contributed by atoms with Gasteiger partial charge in [0.05, 0.1) is 11.0 Å². The topological polar surface area (TPSA) is 55.4 Å². The molecule has 1 aromatic rings. The number of aryl methyl sites for hydroxylation is 2. The second-order valence-electron chi connectivity index (χ2n) is 6.26. The van der Waals surface area contributed by atoms with E-state index in [0.29, 0.717) is 17.4 Å². The molecular weight excluding hydrogens is 286 g/mol. The lowest BCUT2D eigenvalue weighted by Gasteiger charge is -2.32. The van der Waals surface area contributed by atoms with Gasteiger partial charge in [0.25, 0.3) is 0 Å². The zero-order valence-electron chi connectivity index (χ0n) is 13.2. The van der Waals surface area contributed by atoms with Crippen LogP contribution in [0.4, 0.5) is 0 Å². The van der Waals surface area contributed by atoms with Crippen LogP contribution in [0.3, 0.4) is 0 Å². The zero-order valence-corrected chi connectivity index (χ0v) is 14.0. The van der Waals surface area contributed by atoms with Crippen molar-refractivity contribution in [3.8, 4) is 0 Å². The molecule has 1 saturated heterocycles. The molecule has 0 unspecified atom stereocenters. The van der Waals surface area contributed by atoms with Crippen LogP contribution in [0, 0.1) is 19.8 Å². The molecule has 21 heavy (non-hydrogen) atoms. The number of hydrogen-bond acceptors (Lipinski definition) is 3. The van der Waals surface area contributed by atoms with Crippen molar-refractivity contribution >= 4 is 10.0 Å². The molecule has 2 rings (SSSR count). The van der Waals surface area contributed by atoms with E-state index in [0.717, 1.165) is 24.0 Å². The lowest BCUT2D eigenvalue weighted by atomic mass is 9.96. The van der Waals surface area contributed by atoms with E-state index < -0.39 is 10.0 Å². The summed E-state index contributed by atoms with van der Waals surface area (Å²) in [4.78, 5) is 0.384. The Morgan fingerprint density at radius 1 is 1.29 bits per heavy atom. The summed E-state index contributed by atoms with van der Waals surface area (Å²) in [6.45, 7) is 8.55. The Balaban J connectivity index is 2.15. The first-order valence-corrected chi connectivity index (χ1v) is 8.99. The van der Waals surface area contributed by atoms with Gasteiger partial charge in [-0.05, 0) is 49.8 Å². The normalized spacial score (nSPS) is 23.5. The molecule has 1 aliphatic heterocycles.